The van der Waals surface area contributed by atoms with Gasteiger partial charge in [-0.05, 0) is 45.2 Å². The first-order chi connectivity index (χ1) is 7.75. The van der Waals surface area contributed by atoms with Crippen molar-refractivity contribution in [1.82, 2.24) is 4.90 Å². The smallest absolute Gasteiger partial charge is 0.0937 e. The van der Waals surface area contributed by atoms with Crippen molar-refractivity contribution in [2.24, 2.45) is 11.7 Å². The molecular formula is C12H23N3O. The van der Waals surface area contributed by atoms with E-state index in [2.05, 4.69) is 4.90 Å². The van der Waals surface area contributed by atoms with Crippen LogP contribution in [0.15, 0.2) is 0 Å². The number of hydrogen-bond donors (Lipinski definition) is 2. The molecule has 0 spiro atoms. The maximum atomic E-state index is 7.44. The largest absolute Gasteiger partial charge is 0.387 e. The standard InChI is InChI=1S/C12H23N3O/c13-12(14)10-4-6-15(7-5-10)9-11-3-1-2-8-16-11/h10-11H,1-9H2,(H3,13,14). The van der Waals surface area contributed by atoms with E-state index in [4.69, 9.17) is 15.9 Å². The number of nitrogens with one attached hydrogen (secondary N) is 1. The molecule has 4 heteroatoms. The van der Waals surface area contributed by atoms with Crippen LogP contribution in [0.4, 0.5) is 0 Å². The van der Waals surface area contributed by atoms with Crippen LogP contribution in [0.25, 0.3) is 0 Å². The van der Waals surface area contributed by atoms with Gasteiger partial charge in [0.25, 0.3) is 0 Å². The number of piperidine rings is 1. The molecule has 0 radical (unpaired) electrons. The Morgan fingerprint density at radius 3 is 2.56 bits per heavy atom. The van der Waals surface area contributed by atoms with Gasteiger partial charge in [0.2, 0.25) is 0 Å². The molecule has 0 bridgehead atoms. The lowest BCUT2D eigenvalue weighted by atomic mass is 9.95. The average Bonchev–Trinajstić information content (AvgIpc) is 2.31. The number of nitrogens with two attached hydrogens (primary N) is 1. The Morgan fingerprint density at radius 2 is 2.00 bits per heavy atom. The van der Waals surface area contributed by atoms with Gasteiger partial charge < -0.3 is 15.4 Å². The van der Waals surface area contributed by atoms with Crippen LogP contribution in [0.3, 0.4) is 0 Å². The molecule has 2 aliphatic rings. The van der Waals surface area contributed by atoms with Crippen LogP contribution in [0.2, 0.25) is 0 Å². The number of amidine groups is 1. The Bertz CT molecular complexity index is 230. The monoisotopic (exact) mass is 225 g/mol. The Kier molecular flexibility index (Phi) is 4.18. The Balaban J connectivity index is 1.70. The van der Waals surface area contributed by atoms with Crippen molar-refractivity contribution < 1.29 is 4.74 Å². The highest BCUT2D eigenvalue weighted by Gasteiger charge is 2.24. The first kappa shape index (κ1) is 11.9. The molecule has 2 rings (SSSR count). The summed E-state index contributed by atoms with van der Waals surface area (Å²) >= 11 is 0. The van der Waals surface area contributed by atoms with E-state index in [9.17, 15) is 0 Å². The van der Waals surface area contributed by atoms with Gasteiger partial charge in [-0.1, -0.05) is 0 Å². The summed E-state index contributed by atoms with van der Waals surface area (Å²) < 4.78 is 5.75. The van der Waals surface area contributed by atoms with Gasteiger partial charge in [0.1, 0.15) is 0 Å². The summed E-state index contributed by atoms with van der Waals surface area (Å²) in [6.45, 7) is 4.16. The fourth-order valence-corrected chi connectivity index (χ4v) is 2.67. The molecule has 0 aliphatic carbocycles. The van der Waals surface area contributed by atoms with Crippen LogP contribution in [-0.2, 0) is 4.74 Å². The highest BCUT2D eigenvalue weighted by atomic mass is 16.5. The molecule has 1 atom stereocenters. The molecule has 0 aromatic carbocycles. The number of likely N-dealkylation sites (tertiary alicyclic amines) is 1. The Labute approximate surface area is 97.6 Å². The van der Waals surface area contributed by atoms with Crippen molar-refractivity contribution >= 4 is 5.84 Å². The van der Waals surface area contributed by atoms with E-state index in [1.54, 1.807) is 0 Å². The third-order valence-corrected chi connectivity index (χ3v) is 3.76. The summed E-state index contributed by atoms with van der Waals surface area (Å²) in [5.41, 5.74) is 5.54. The van der Waals surface area contributed by atoms with E-state index in [0.717, 1.165) is 39.1 Å². The summed E-state index contributed by atoms with van der Waals surface area (Å²) in [4.78, 5) is 2.47. The molecule has 2 aliphatic heterocycles. The maximum Gasteiger partial charge on any atom is 0.0937 e. The van der Waals surface area contributed by atoms with Crippen molar-refractivity contribution in [2.75, 3.05) is 26.2 Å². The molecule has 2 heterocycles. The van der Waals surface area contributed by atoms with E-state index in [-0.39, 0.29) is 0 Å². The zero-order valence-electron chi connectivity index (χ0n) is 9.95. The first-order valence-corrected chi connectivity index (χ1v) is 6.43. The minimum absolute atomic E-state index is 0.323. The van der Waals surface area contributed by atoms with Gasteiger partial charge in [-0.15, -0.1) is 0 Å². The highest BCUT2D eigenvalue weighted by Crippen LogP contribution is 2.19. The topological polar surface area (TPSA) is 62.3 Å². The first-order valence-electron chi connectivity index (χ1n) is 6.43. The quantitative estimate of drug-likeness (QED) is 0.560. The third-order valence-electron chi connectivity index (χ3n) is 3.76. The minimum atomic E-state index is 0.323. The third kappa shape index (κ3) is 3.19. The van der Waals surface area contributed by atoms with Gasteiger partial charge in [0, 0.05) is 19.1 Å². The number of rotatable bonds is 3. The number of hydrogen-bond acceptors (Lipinski definition) is 3. The summed E-state index contributed by atoms with van der Waals surface area (Å²) in [5.74, 6) is 0.692. The molecule has 2 saturated heterocycles. The molecule has 3 N–H and O–H groups in total. The molecule has 1 unspecified atom stereocenters. The van der Waals surface area contributed by atoms with Crippen LogP contribution in [0.5, 0.6) is 0 Å². The fourth-order valence-electron chi connectivity index (χ4n) is 2.67. The van der Waals surface area contributed by atoms with E-state index >= 15 is 0 Å². The van der Waals surface area contributed by atoms with Crippen molar-refractivity contribution in [3.05, 3.63) is 0 Å². The van der Waals surface area contributed by atoms with Crippen LogP contribution < -0.4 is 5.73 Å². The second kappa shape index (κ2) is 5.64. The molecule has 92 valence electrons. The van der Waals surface area contributed by atoms with Crippen molar-refractivity contribution in [2.45, 2.75) is 38.2 Å². The summed E-state index contributed by atoms with van der Waals surface area (Å²) in [6.07, 6.45) is 6.29. The van der Waals surface area contributed by atoms with Gasteiger partial charge in [0.05, 0.1) is 11.9 Å². The highest BCUT2D eigenvalue weighted by molar-refractivity contribution is 5.79. The van der Waals surface area contributed by atoms with Gasteiger partial charge in [0.15, 0.2) is 0 Å². The van der Waals surface area contributed by atoms with Gasteiger partial charge >= 0.3 is 0 Å². The number of nitrogens with zero attached hydrogens (tertiary/aromatic N) is 1. The Hall–Kier alpha value is -0.610. The lowest BCUT2D eigenvalue weighted by molar-refractivity contribution is -0.00977. The second-order valence-electron chi connectivity index (χ2n) is 5.02. The lowest BCUT2D eigenvalue weighted by Gasteiger charge is -2.34. The predicted molar refractivity (Wildman–Crippen MR) is 64.7 cm³/mol. The van der Waals surface area contributed by atoms with Crippen LogP contribution in [0.1, 0.15) is 32.1 Å². The average molecular weight is 225 g/mol. The normalized spacial score (nSPS) is 29.1. The van der Waals surface area contributed by atoms with E-state index < -0.39 is 0 Å². The van der Waals surface area contributed by atoms with E-state index in [1.165, 1.54) is 19.3 Å². The second-order valence-corrected chi connectivity index (χ2v) is 5.02. The molecule has 0 amide bonds. The van der Waals surface area contributed by atoms with Crippen molar-refractivity contribution in [3.8, 4) is 0 Å². The fraction of sp³-hybridized carbons (Fsp3) is 0.917. The molecule has 0 aromatic rings. The zero-order valence-corrected chi connectivity index (χ0v) is 9.95. The molecule has 4 nitrogen and oxygen atoms in total. The molecular weight excluding hydrogens is 202 g/mol. The molecule has 0 saturated carbocycles. The molecule has 2 fully saturated rings. The Morgan fingerprint density at radius 1 is 1.25 bits per heavy atom. The minimum Gasteiger partial charge on any atom is -0.387 e. The van der Waals surface area contributed by atoms with Crippen LogP contribution in [-0.4, -0.2) is 43.1 Å². The predicted octanol–water partition coefficient (Wildman–Crippen LogP) is 1.20. The van der Waals surface area contributed by atoms with Crippen molar-refractivity contribution in [3.63, 3.8) is 0 Å². The van der Waals surface area contributed by atoms with E-state index in [0.29, 0.717) is 17.9 Å². The number of ether oxygens (including phenoxy) is 1. The summed E-state index contributed by atoms with van der Waals surface area (Å²) in [7, 11) is 0. The van der Waals surface area contributed by atoms with Crippen LogP contribution >= 0.6 is 0 Å². The molecule has 0 aromatic heterocycles. The van der Waals surface area contributed by atoms with Gasteiger partial charge in [-0.25, -0.2) is 0 Å². The SMILES string of the molecule is N=C(N)C1CCN(CC2CCCCO2)CC1. The summed E-state index contributed by atoms with van der Waals surface area (Å²) in [5, 5.41) is 7.44. The van der Waals surface area contributed by atoms with Gasteiger partial charge in [-0.3, -0.25) is 5.41 Å². The summed E-state index contributed by atoms with van der Waals surface area (Å²) in [6, 6.07) is 0. The van der Waals surface area contributed by atoms with Crippen LogP contribution in [0, 0.1) is 11.3 Å². The lowest BCUT2D eigenvalue weighted by Crippen LogP contribution is -2.42. The maximum absolute atomic E-state index is 7.44. The van der Waals surface area contributed by atoms with E-state index in [1.807, 2.05) is 0 Å². The molecule has 16 heavy (non-hydrogen) atoms. The van der Waals surface area contributed by atoms with Gasteiger partial charge in [-0.2, -0.15) is 0 Å². The zero-order chi connectivity index (χ0) is 11.4. The van der Waals surface area contributed by atoms with Crippen molar-refractivity contribution in [1.29, 1.82) is 5.41 Å².